The smallest absolute Gasteiger partial charge is 0.134 e. The zero-order valence-corrected chi connectivity index (χ0v) is 8.78. The summed E-state index contributed by atoms with van der Waals surface area (Å²) in [5.41, 5.74) is 6.07. The molecule has 70 valence electrons. The monoisotopic (exact) mass is 176 g/mol. The highest BCUT2D eigenvalue weighted by Gasteiger charge is 2.19. The molecule has 0 bridgehead atoms. The molecule has 2 rings (SSSR count). The van der Waals surface area contributed by atoms with Crippen molar-refractivity contribution in [2.45, 2.75) is 26.7 Å². The Morgan fingerprint density at radius 2 is 2.00 bits per heavy atom. The van der Waals surface area contributed by atoms with Crippen molar-refractivity contribution in [2.75, 3.05) is 13.6 Å². The van der Waals surface area contributed by atoms with Crippen LogP contribution in [0.5, 0.6) is 0 Å². The standard InChI is InChI=1S/C12H17N/c1-9-6-7-12-11(10(9)2)5-4-8-13(12)3/h6-7H,4-5,8H2,1-3H3/p+1. The summed E-state index contributed by atoms with van der Waals surface area (Å²) in [7, 11) is 2.27. The highest BCUT2D eigenvalue weighted by molar-refractivity contribution is 5.49. The number of nitrogens with one attached hydrogen (secondary N) is 1. The maximum atomic E-state index is 2.30. The summed E-state index contributed by atoms with van der Waals surface area (Å²) < 4.78 is 0. The molecule has 0 aliphatic carbocycles. The van der Waals surface area contributed by atoms with Gasteiger partial charge in [0, 0.05) is 12.0 Å². The number of aryl methyl sites for hydroxylation is 1. The Morgan fingerprint density at radius 1 is 1.23 bits per heavy atom. The Kier molecular flexibility index (Phi) is 2.12. The first-order valence-corrected chi connectivity index (χ1v) is 5.12. The predicted octanol–water partition coefficient (Wildman–Crippen LogP) is 1.40. The Hall–Kier alpha value is -0.820. The molecule has 0 spiro atoms. The molecule has 1 heteroatoms. The van der Waals surface area contributed by atoms with E-state index < -0.39 is 0 Å². The van der Waals surface area contributed by atoms with Gasteiger partial charge in [0.2, 0.25) is 0 Å². The first kappa shape index (κ1) is 8.76. The summed E-state index contributed by atoms with van der Waals surface area (Å²) in [6.07, 6.45) is 2.61. The summed E-state index contributed by atoms with van der Waals surface area (Å²) in [5, 5.41) is 0. The number of quaternary nitrogens is 1. The molecule has 1 aromatic carbocycles. The Labute approximate surface area is 80.4 Å². The van der Waals surface area contributed by atoms with Crippen molar-refractivity contribution in [3.63, 3.8) is 0 Å². The van der Waals surface area contributed by atoms with Gasteiger partial charge in [0.25, 0.3) is 0 Å². The molecular weight excluding hydrogens is 158 g/mol. The third-order valence-electron chi connectivity index (χ3n) is 3.31. The van der Waals surface area contributed by atoms with E-state index in [0.717, 1.165) is 0 Å². The number of fused-ring (bicyclic) bond motifs is 1. The fourth-order valence-corrected chi connectivity index (χ4v) is 2.26. The van der Waals surface area contributed by atoms with Crippen LogP contribution in [0.2, 0.25) is 0 Å². The van der Waals surface area contributed by atoms with E-state index in [0.29, 0.717) is 0 Å². The minimum atomic E-state index is 1.28. The van der Waals surface area contributed by atoms with Crippen LogP contribution in [0.25, 0.3) is 0 Å². The van der Waals surface area contributed by atoms with Gasteiger partial charge < -0.3 is 4.90 Å². The molecule has 0 fully saturated rings. The van der Waals surface area contributed by atoms with Crippen LogP contribution in [0.15, 0.2) is 12.1 Å². The highest BCUT2D eigenvalue weighted by atomic mass is 15.1. The van der Waals surface area contributed by atoms with E-state index in [-0.39, 0.29) is 0 Å². The molecule has 13 heavy (non-hydrogen) atoms. The lowest BCUT2D eigenvalue weighted by Crippen LogP contribution is -3.04. The van der Waals surface area contributed by atoms with Gasteiger partial charge in [0.05, 0.1) is 13.6 Å². The molecule has 1 heterocycles. The molecule has 0 radical (unpaired) electrons. The van der Waals surface area contributed by atoms with E-state index >= 15 is 0 Å². The first-order chi connectivity index (χ1) is 6.20. The van der Waals surface area contributed by atoms with Crippen molar-refractivity contribution in [3.8, 4) is 0 Å². The van der Waals surface area contributed by atoms with E-state index in [2.05, 4.69) is 33.0 Å². The van der Waals surface area contributed by atoms with E-state index in [1.54, 1.807) is 10.5 Å². The molecule has 1 nitrogen and oxygen atoms in total. The van der Waals surface area contributed by atoms with Crippen molar-refractivity contribution in [1.29, 1.82) is 0 Å². The predicted molar refractivity (Wildman–Crippen MR) is 55.7 cm³/mol. The van der Waals surface area contributed by atoms with Gasteiger partial charge in [0.15, 0.2) is 0 Å². The average Bonchev–Trinajstić information content (AvgIpc) is 2.12. The normalized spacial score (nSPS) is 21.3. The second-order valence-electron chi connectivity index (χ2n) is 4.17. The summed E-state index contributed by atoms with van der Waals surface area (Å²) in [6.45, 7) is 5.75. The van der Waals surface area contributed by atoms with Gasteiger partial charge >= 0.3 is 0 Å². The van der Waals surface area contributed by atoms with Gasteiger partial charge in [-0.2, -0.15) is 0 Å². The van der Waals surface area contributed by atoms with E-state index in [4.69, 9.17) is 0 Å². The van der Waals surface area contributed by atoms with Crippen molar-refractivity contribution in [3.05, 3.63) is 28.8 Å². The molecule has 1 aromatic rings. The molecule has 1 unspecified atom stereocenters. The zero-order valence-electron chi connectivity index (χ0n) is 8.78. The minimum Gasteiger partial charge on any atom is -0.305 e. The van der Waals surface area contributed by atoms with Crippen molar-refractivity contribution in [1.82, 2.24) is 0 Å². The summed E-state index contributed by atoms with van der Waals surface area (Å²) in [6, 6.07) is 4.55. The SMILES string of the molecule is Cc1ccc2c(c1C)CCC[NH+]2C. The van der Waals surface area contributed by atoms with Crippen LogP contribution < -0.4 is 4.90 Å². The average molecular weight is 176 g/mol. The van der Waals surface area contributed by atoms with E-state index in [1.165, 1.54) is 36.2 Å². The number of hydrogen-bond donors (Lipinski definition) is 1. The zero-order chi connectivity index (χ0) is 9.42. The van der Waals surface area contributed by atoms with E-state index in [1.807, 2.05) is 0 Å². The number of hydrogen-bond acceptors (Lipinski definition) is 0. The third-order valence-corrected chi connectivity index (χ3v) is 3.31. The van der Waals surface area contributed by atoms with Crippen molar-refractivity contribution < 1.29 is 4.90 Å². The molecule has 0 saturated carbocycles. The van der Waals surface area contributed by atoms with Crippen LogP contribution in [0.1, 0.15) is 23.1 Å². The largest absolute Gasteiger partial charge is 0.305 e. The molecule has 0 saturated heterocycles. The van der Waals surface area contributed by atoms with Crippen LogP contribution in [0, 0.1) is 13.8 Å². The topological polar surface area (TPSA) is 4.44 Å². The van der Waals surface area contributed by atoms with Crippen LogP contribution in [0.3, 0.4) is 0 Å². The van der Waals surface area contributed by atoms with E-state index in [9.17, 15) is 0 Å². The first-order valence-electron chi connectivity index (χ1n) is 5.12. The van der Waals surface area contributed by atoms with Crippen LogP contribution in [0.4, 0.5) is 5.69 Å². The Morgan fingerprint density at radius 3 is 2.77 bits per heavy atom. The quantitative estimate of drug-likeness (QED) is 0.609. The summed E-state index contributed by atoms with van der Waals surface area (Å²) in [5.74, 6) is 0. The maximum Gasteiger partial charge on any atom is 0.134 e. The number of rotatable bonds is 0. The van der Waals surface area contributed by atoms with Gasteiger partial charge in [-0.15, -0.1) is 0 Å². The Bertz CT molecular complexity index is 328. The van der Waals surface area contributed by atoms with Gasteiger partial charge in [-0.05, 0) is 37.5 Å². The highest BCUT2D eigenvalue weighted by Crippen LogP contribution is 2.23. The maximum absolute atomic E-state index is 2.30. The lowest BCUT2D eigenvalue weighted by molar-refractivity contribution is -0.813. The second-order valence-corrected chi connectivity index (χ2v) is 4.17. The molecule has 1 aliphatic rings. The molecule has 1 N–H and O–H groups in total. The van der Waals surface area contributed by atoms with Crippen LogP contribution in [-0.4, -0.2) is 13.6 Å². The van der Waals surface area contributed by atoms with Crippen molar-refractivity contribution in [2.24, 2.45) is 0 Å². The summed E-state index contributed by atoms with van der Waals surface area (Å²) >= 11 is 0. The Balaban J connectivity index is 2.56. The molecule has 1 aliphatic heterocycles. The van der Waals surface area contributed by atoms with Crippen LogP contribution in [-0.2, 0) is 6.42 Å². The van der Waals surface area contributed by atoms with Gasteiger partial charge in [0.1, 0.15) is 5.69 Å². The van der Waals surface area contributed by atoms with Gasteiger partial charge in [-0.1, -0.05) is 6.07 Å². The molecular formula is C12H18N+. The van der Waals surface area contributed by atoms with Gasteiger partial charge in [-0.3, -0.25) is 0 Å². The lowest BCUT2D eigenvalue weighted by atomic mass is 9.94. The third kappa shape index (κ3) is 1.37. The van der Waals surface area contributed by atoms with Crippen LogP contribution >= 0.6 is 0 Å². The molecule has 0 amide bonds. The fraction of sp³-hybridized carbons (Fsp3) is 0.500. The molecule has 1 atom stereocenters. The summed E-state index contributed by atoms with van der Waals surface area (Å²) in [4.78, 5) is 1.57. The fourth-order valence-electron chi connectivity index (χ4n) is 2.26. The number of benzene rings is 1. The molecule has 0 aromatic heterocycles. The lowest BCUT2D eigenvalue weighted by Gasteiger charge is -2.24. The van der Waals surface area contributed by atoms with Gasteiger partial charge in [-0.25, -0.2) is 0 Å². The van der Waals surface area contributed by atoms with Crippen molar-refractivity contribution >= 4 is 5.69 Å². The second kappa shape index (κ2) is 3.15. The minimum absolute atomic E-state index is 1.28.